The summed E-state index contributed by atoms with van der Waals surface area (Å²) in [6.45, 7) is 0.754. The number of nitrogens with one attached hydrogen (secondary N) is 1. The number of benzene rings is 1. The van der Waals surface area contributed by atoms with Gasteiger partial charge in [0.05, 0.1) is 12.2 Å². The topological polar surface area (TPSA) is 59.1 Å². The molecule has 3 heteroatoms. The molecule has 98 valence electrons. The van der Waals surface area contributed by atoms with Gasteiger partial charge < -0.3 is 10.5 Å². The zero-order chi connectivity index (χ0) is 12.8. The number of hydrogen-bond acceptors (Lipinski definition) is 2. The summed E-state index contributed by atoms with van der Waals surface area (Å²) in [5, 5.41) is 7.53. The van der Waals surface area contributed by atoms with Crippen molar-refractivity contribution < 1.29 is 4.74 Å². The molecule has 1 aromatic carbocycles. The molecule has 3 nitrogen and oxygen atoms in total. The van der Waals surface area contributed by atoms with E-state index in [1.807, 2.05) is 24.3 Å². The van der Waals surface area contributed by atoms with Crippen molar-refractivity contribution in [2.45, 2.75) is 38.5 Å². The molecule has 1 aliphatic rings. The average molecular weight is 246 g/mol. The highest BCUT2D eigenvalue weighted by atomic mass is 16.5. The van der Waals surface area contributed by atoms with Crippen molar-refractivity contribution in [1.82, 2.24) is 0 Å². The Hall–Kier alpha value is -1.51. The van der Waals surface area contributed by atoms with E-state index in [2.05, 4.69) is 0 Å². The van der Waals surface area contributed by atoms with Crippen molar-refractivity contribution in [2.24, 2.45) is 11.7 Å². The van der Waals surface area contributed by atoms with Crippen LogP contribution in [0.2, 0.25) is 0 Å². The summed E-state index contributed by atoms with van der Waals surface area (Å²) in [6, 6.07) is 7.54. The summed E-state index contributed by atoms with van der Waals surface area (Å²) < 4.78 is 5.87. The van der Waals surface area contributed by atoms with Crippen LogP contribution in [0.15, 0.2) is 24.3 Å². The molecule has 3 N–H and O–H groups in total. The van der Waals surface area contributed by atoms with Crippen LogP contribution < -0.4 is 10.5 Å². The molecule has 0 aromatic heterocycles. The van der Waals surface area contributed by atoms with Crippen LogP contribution in [0.25, 0.3) is 0 Å². The Morgan fingerprint density at radius 3 is 2.50 bits per heavy atom. The number of nitrogens with two attached hydrogens (primary N) is 1. The molecule has 0 unspecified atom stereocenters. The van der Waals surface area contributed by atoms with Gasteiger partial charge in [-0.25, -0.2) is 0 Å². The molecule has 1 aromatic rings. The molecule has 0 aliphatic heterocycles. The first-order valence-corrected chi connectivity index (χ1v) is 6.83. The van der Waals surface area contributed by atoms with Crippen LogP contribution in [0.4, 0.5) is 0 Å². The lowest BCUT2D eigenvalue weighted by Crippen LogP contribution is -2.16. The lowest BCUT2D eigenvalue weighted by molar-refractivity contribution is 0.233. The van der Waals surface area contributed by atoms with Gasteiger partial charge in [0.15, 0.2) is 0 Å². The van der Waals surface area contributed by atoms with Crippen molar-refractivity contribution >= 4 is 5.84 Å². The van der Waals surface area contributed by atoms with Gasteiger partial charge >= 0.3 is 0 Å². The second kappa shape index (κ2) is 6.43. The highest BCUT2D eigenvalue weighted by Crippen LogP contribution is 2.25. The van der Waals surface area contributed by atoms with E-state index < -0.39 is 0 Å². The highest BCUT2D eigenvalue weighted by Gasteiger charge is 2.14. The maximum absolute atomic E-state index is 7.53. The Balaban J connectivity index is 1.94. The van der Waals surface area contributed by atoms with Crippen molar-refractivity contribution in [3.8, 4) is 5.75 Å². The number of amidine groups is 1. The molecule has 1 saturated carbocycles. The number of para-hydroxylation sites is 1. The normalized spacial score (nSPS) is 17.1. The molecule has 0 saturated heterocycles. The van der Waals surface area contributed by atoms with Gasteiger partial charge in [0.1, 0.15) is 11.6 Å². The van der Waals surface area contributed by atoms with E-state index in [0.29, 0.717) is 11.5 Å². The predicted octanol–water partition coefficient (Wildman–Crippen LogP) is 3.32. The first-order chi connectivity index (χ1) is 8.77. The van der Waals surface area contributed by atoms with E-state index in [4.69, 9.17) is 15.9 Å². The van der Waals surface area contributed by atoms with Crippen molar-refractivity contribution in [3.05, 3.63) is 29.8 Å². The third kappa shape index (κ3) is 3.49. The van der Waals surface area contributed by atoms with Gasteiger partial charge in [0, 0.05) is 0 Å². The van der Waals surface area contributed by atoms with Gasteiger partial charge in [-0.2, -0.15) is 0 Å². The second-order valence-electron chi connectivity index (χ2n) is 5.08. The van der Waals surface area contributed by atoms with Crippen LogP contribution in [0.5, 0.6) is 5.75 Å². The van der Waals surface area contributed by atoms with Gasteiger partial charge in [-0.05, 0) is 30.9 Å². The predicted molar refractivity (Wildman–Crippen MR) is 74.1 cm³/mol. The van der Waals surface area contributed by atoms with E-state index in [-0.39, 0.29) is 5.84 Å². The zero-order valence-corrected chi connectivity index (χ0v) is 10.8. The summed E-state index contributed by atoms with van der Waals surface area (Å²) in [6.07, 6.45) is 7.90. The number of hydrogen-bond donors (Lipinski definition) is 2. The van der Waals surface area contributed by atoms with Crippen LogP contribution in [-0.2, 0) is 0 Å². The lowest BCUT2D eigenvalue weighted by Gasteiger charge is -2.16. The minimum Gasteiger partial charge on any atom is -0.493 e. The Labute approximate surface area is 109 Å². The lowest BCUT2D eigenvalue weighted by atomic mass is 10.0. The average Bonchev–Trinajstić information content (AvgIpc) is 2.65. The Morgan fingerprint density at radius 1 is 1.17 bits per heavy atom. The summed E-state index contributed by atoms with van der Waals surface area (Å²) in [5.74, 6) is 1.48. The first kappa shape index (κ1) is 12.9. The number of rotatable bonds is 4. The monoisotopic (exact) mass is 246 g/mol. The fraction of sp³-hybridized carbons (Fsp3) is 0.533. The minimum atomic E-state index is 0.0754. The molecule has 18 heavy (non-hydrogen) atoms. The van der Waals surface area contributed by atoms with E-state index in [9.17, 15) is 0 Å². The van der Waals surface area contributed by atoms with E-state index in [1.165, 1.54) is 38.5 Å². The van der Waals surface area contributed by atoms with E-state index in [1.54, 1.807) is 0 Å². The van der Waals surface area contributed by atoms with Gasteiger partial charge in [0.2, 0.25) is 0 Å². The van der Waals surface area contributed by atoms with Crippen molar-refractivity contribution in [1.29, 1.82) is 5.41 Å². The molecular formula is C15H22N2O. The van der Waals surface area contributed by atoms with Gasteiger partial charge in [-0.1, -0.05) is 37.8 Å². The molecule has 0 atom stereocenters. The molecule has 0 radical (unpaired) electrons. The first-order valence-electron chi connectivity index (χ1n) is 6.83. The minimum absolute atomic E-state index is 0.0754. The molecular weight excluding hydrogens is 224 g/mol. The number of nitrogen functional groups attached to an aromatic ring is 1. The molecule has 0 bridgehead atoms. The van der Waals surface area contributed by atoms with Crippen LogP contribution in [-0.4, -0.2) is 12.4 Å². The summed E-state index contributed by atoms with van der Waals surface area (Å²) in [5.41, 5.74) is 6.25. The summed E-state index contributed by atoms with van der Waals surface area (Å²) in [7, 11) is 0. The third-order valence-corrected chi connectivity index (χ3v) is 3.63. The molecule has 1 aliphatic carbocycles. The Bertz CT molecular complexity index is 395. The second-order valence-corrected chi connectivity index (χ2v) is 5.08. The van der Waals surface area contributed by atoms with Crippen molar-refractivity contribution in [3.63, 3.8) is 0 Å². The van der Waals surface area contributed by atoms with Gasteiger partial charge in [-0.3, -0.25) is 5.41 Å². The van der Waals surface area contributed by atoms with Crippen LogP contribution >= 0.6 is 0 Å². The molecule has 1 fully saturated rings. The van der Waals surface area contributed by atoms with Crippen LogP contribution in [0.1, 0.15) is 44.1 Å². The van der Waals surface area contributed by atoms with Crippen molar-refractivity contribution in [2.75, 3.05) is 6.61 Å². The quantitative estimate of drug-likeness (QED) is 0.486. The largest absolute Gasteiger partial charge is 0.493 e. The standard InChI is InChI=1S/C15H22N2O/c16-15(17)13-9-5-6-10-14(13)18-11-12-7-3-1-2-4-8-12/h5-6,9-10,12H,1-4,7-8,11H2,(H3,16,17). The third-order valence-electron chi connectivity index (χ3n) is 3.63. The smallest absolute Gasteiger partial charge is 0.130 e. The summed E-state index contributed by atoms with van der Waals surface area (Å²) in [4.78, 5) is 0. The van der Waals surface area contributed by atoms with Gasteiger partial charge in [0.25, 0.3) is 0 Å². The highest BCUT2D eigenvalue weighted by molar-refractivity contribution is 5.97. The molecule has 2 rings (SSSR count). The van der Waals surface area contributed by atoms with Crippen LogP contribution in [0.3, 0.4) is 0 Å². The summed E-state index contributed by atoms with van der Waals surface area (Å²) >= 11 is 0. The Kier molecular flexibility index (Phi) is 4.62. The van der Waals surface area contributed by atoms with Crippen LogP contribution in [0, 0.1) is 11.3 Å². The van der Waals surface area contributed by atoms with E-state index in [0.717, 1.165) is 12.4 Å². The molecule has 0 amide bonds. The maximum Gasteiger partial charge on any atom is 0.130 e. The zero-order valence-electron chi connectivity index (χ0n) is 10.8. The Morgan fingerprint density at radius 2 is 1.83 bits per heavy atom. The number of ether oxygens (including phenoxy) is 1. The maximum atomic E-state index is 7.53. The fourth-order valence-corrected chi connectivity index (χ4v) is 2.55. The van der Waals surface area contributed by atoms with E-state index >= 15 is 0 Å². The SMILES string of the molecule is N=C(N)c1ccccc1OCC1CCCCCC1. The van der Waals surface area contributed by atoms with Gasteiger partial charge in [-0.15, -0.1) is 0 Å². The fourth-order valence-electron chi connectivity index (χ4n) is 2.55. The molecule has 0 heterocycles. The molecule has 0 spiro atoms.